The average molecular weight is 486 g/mol. The minimum atomic E-state index is -4.10. The number of nitrogens with zero attached hydrogens (tertiary/aromatic N) is 2. The largest absolute Gasteiger partial charge is 0.505 e. The lowest BCUT2D eigenvalue weighted by Crippen LogP contribution is -2.50. The zero-order valence-electron chi connectivity index (χ0n) is 14.2. The molecule has 1 aliphatic heterocycles. The summed E-state index contributed by atoms with van der Waals surface area (Å²) < 4.78 is 53.4. The molecule has 0 radical (unpaired) electrons. The van der Waals surface area contributed by atoms with Gasteiger partial charge in [-0.1, -0.05) is 34.8 Å². The van der Waals surface area contributed by atoms with Crippen LogP contribution in [-0.4, -0.2) is 56.7 Å². The lowest BCUT2D eigenvalue weighted by atomic mass is 10.3. The highest BCUT2D eigenvalue weighted by molar-refractivity contribution is 7.89. The number of rotatable bonds is 4. The smallest absolute Gasteiger partial charge is 0.246 e. The van der Waals surface area contributed by atoms with E-state index in [1.54, 1.807) is 0 Å². The molecule has 2 aromatic carbocycles. The Kier molecular flexibility index (Phi) is 6.17. The van der Waals surface area contributed by atoms with Gasteiger partial charge in [0, 0.05) is 36.2 Å². The van der Waals surface area contributed by atoms with Crippen molar-refractivity contribution in [2.24, 2.45) is 0 Å². The van der Waals surface area contributed by atoms with E-state index in [9.17, 15) is 21.9 Å². The summed E-state index contributed by atoms with van der Waals surface area (Å²) in [4.78, 5) is -0.341. The van der Waals surface area contributed by atoms with Crippen molar-refractivity contribution in [2.75, 3.05) is 26.2 Å². The molecule has 0 amide bonds. The van der Waals surface area contributed by atoms with Gasteiger partial charge in [0.15, 0.2) is 5.75 Å². The first kappa shape index (κ1) is 21.6. The van der Waals surface area contributed by atoms with Crippen LogP contribution < -0.4 is 0 Å². The zero-order chi connectivity index (χ0) is 20.7. The Labute approximate surface area is 178 Å². The molecule has 0 unspecified atom stereocenters. The molecule has 1 aliphatic rings. The maximum atomic E-state index is 12.8. The molecule has 152 valence electrons. The second kappa shape index (κ2) is 7.98. The van der Waals surface area contributed by atoms with Gasteiger partial charge in [-0.15, -0.1) is 0 Å². The van der Waals surface area contributed by atoms with Crippen LogP contribution in [0.4, 0.5) is 0 Å². The molecule has 0 aromatic heterocycles. The van der Waals surface area contributed by atoms with Gasteiger partial charge < -0.3 is 5.11 Å². The van der Waals surface area contributed by atoms with Crippen LogP contribution in [0.5, 0.6) is 5.75 Å². The van der Waals surface area contributed by atoms with Crippen molar-refractivity contribution in [1.29, 1.82) is 0 Å². The van der Waals surface area contributed by atoms with Crippen LogP contribution in [0.25, 0.3) is 0 Å². The topological polar surface area (TPSA) is 95.0 Å². The molecule has 1 N–H and O–H groups in total. The fourth-order valence-corrected chi connectivity index (χ4v) is 6.50. The van der Waals surface area contributed by atoms with Gasteiger partial charge in [-0.2, -0.15) is 8.61 Å². The number of hydrogen-bond acceptors (Lipinski definition) is 5. The molecule has 0 bridgehead atoms. The predicted octanol–water partition coefficient (Wildman–Crippen LogP) is 3.05. The van der Waals surface area contributed by atoms with Gasteiger partial charge in [-0.05, 0) is 36.4 Å². The van der Waals surface area contributed by atoms with Crippen LogP contribution in [0.1, 0.15) is 0 Å². The predicted molar refractivity (Wildman–Crippen MR) is 107 cm³/mol. The first-order chi connectivity index (χ1) is 13.0. The Hall–Kier alpha value is -1.07. The highest BCUT2D eigenvalue weighted by atomic mass is 35.5. The van der Waals surface area contributed by atoms with Gasteiger partial charge in [-0.3, -0.25) is 0 Å². The normalized spacial score (nSPS) is 17.0. The SMILES string of the molecule is O=S(=O)(c1ccc(Cl)cc1)N1CCN(S(=O)(=O)c2cc(Cl)cc(Cl)c2O)CC1. The standard InChI is InChI=1S/C16H15Cl3N2O5S2/c17-11-1-3-13(4-2-11)27(23,24)20-5-7-21(8-6-20)28(25,26)15-10-12(18)9-14(19)16(15)22/h1-4,9-10,22H,5-8H2. The fraction of sp³-hybridized carbons (Fsp3) is 0.250. The fourth-order valence-electron chi connectivity index (χ4n) is 2.78. The van der Waals surface area contributed by atoms with Crippen LogP contribution in [0.15, 0.2) is 46.2 Å². The lowest BCUT2D eigenvalue weighted by molar-refractivity contribution is 0.272. The first-order valence-corrected chi connectivity index (χ1v) is 12.0. The van der Waals surface area contributed by atoms with Crippen LogP contribution in [0.3, 0.4) is 0 Å². The van der Waals surface area contributed by atoms with Crippen LogP contribution >= 0.6 is 34.8 Å². The second-order valence-electron chi connectivity index (χ2n) is 6.00. The molecule has 0 atom stereocenters. The Morgan fingerprint density at radius 2 is 1.25 bits per heavy atom. The van der Waals surface area contributed by atoms with Crippen molar-refractivity contribution in [2.45, 2.75) is 9.79 Å². The van der Waals surface area contributed by atoms with Gasteiger partial charge in [0.1, 0.15) is 4.90 Å². The summed E-state index contributed by atoms with van der Waals surface area (Å²) in [6.45, 7) is -0.254. The molecular weight excluding hydrogens is 471 g/mol. The summed E-state index contributed by atoms with van der Waals surface area (Å²) in [5.74, 6) is -0.595. The molecule has 2 aromatic rings. The molecule has 1 saturated heterocycles. The van der Waals surface area contributed by atoms with Gasteiger partial charge in [0.2, 0.25) is 20.0 Å². The van der Waals surface area contributed by atoms with Crippen molar-refractivity contribution in [1.82, 2.24) is 8.61 Å². The third-order valence-corrected chi connectivity index (χ3v) is 8.84. The second-order valence-corrected chi connectivity index (χ2v) is 11.1. The zero-order valence-corrected chi connectivity index (χ0v) is 18.1. The molecule has 28 heavy (non-hydrogen) atoms. The van der Waals surface area contributed by atoms with E-state index in [0.29, 0.717) is 5.02 Å². The number of benzene rings is 2. The molecule has 0 saturated carbocycles. The number of piperazine rings is 1. The summed E-state index contributed by atoms with van der Waals surface area (Å²) in [5.41, 5.74) is 0. The quantitative estimate of drug-likeness (QED) is 0.718. The number of phenolic OH excluding ortho intramolecular Hbond substituents is 1. The van der Waals surface area contributed by atoms with E-state index in [-0.39, 0.29) is 41.1 Å². The summed E-state index contributed by atoms with van der Waals surface area (Å²) >= 11 is 17.5. The highest BCUT2D eigenvalue weighted by Gasteiger charge is 2.35. The van der Waals surface area contributed by atoms with E-state index < -0.39 is 30.7 Å². The van der Waals surface area contributed by atoms with Crippen molar-refractivity contribution < 1.29 is 21.9 Å². The van der Waals surface area contributed by atoms with Crippen molar-refractivity contribution in [3.63, 3.8) is 0 Å². The third kappa shape index (κ3) is 4.11. The van der Waals surface area contributed by atoms with E-state index in [1.807, 2.05) is 0 Å². The molecule has 1 fully saturated rings. The van der Waals surface area contributed by atoms with Crippen molar-refractivity contribution >= 4 is 54.8 Å². The van der Waals surface area contributed by atoms with E-state index in [1.165, 1.54) is 34.6 Å². The number of hydrogen-bond donors (Lipinski definition) is 1. The molecule has 0 spiro atoms. The van der Waals surface area contributed by atoms with Crippen molar-refractivity contribution in [3.8, 4) is 5.75 Å². The van der Waals surface area contributed by atoms with Crippen LogP contribution in [0.2, 0.25) is 15.1 Å². The van der Waals surface area contributed by atoms with E-state index in [4.69, 9.17) is 34.8 Å². The highest BCUT2D eigenvalue weighted by Crippen LogP contribution is 2.36. The Morgan fingerprint density at radius 3 is 1.79 bits per heavy atom. The molecule has 7 nitrogen and oxygen atoms in total. The summed E-state index contributed by atoms with van der Waals surface area (Å²) in [7, 11) is -7.87. The number of halogens is 3. The Bertz CT molecular complexity index is 1100. The van der Waals surface area contributed by atoms with E-state index in [0.717, 1.165) is 10.4 Å². The van der Waals surface area contributed by atoms with Gasteiger partial charge in [0.05, 0.1) is 9.92 Å². The first-order valence-electron chi connectivity index (χ1n) is 7.97. The van der Waals surface area contributed by atoms with Gasteiger partial charge >= 0.3 is 0 Å². The maximum absolute atomic E-state index is 12.8. The van der Waals surface area contributed by atoms with E-state index >= 15 is 0 Å². The van der Waals surface area contributed by atoms with E-state index in [2.05, 4.69) is 0 Å². The minimum absolute atomic E-state index is 0.0424. The maximum Gasteiger partial charge on any atom is 0.246 e. The molecule has 0 aliphatic carbocycles. The number of aromatic hydroxyl groups is 1. The monoisotopic (exact) mass is 484 g/mol. The third-order valence-electron chi connectivity index (χ3n) is 4.26. The van der Waals surface area contributed by atoms with Gasteiger partial charge in [-0.25, -0.2) is 16.8 Å². The molecule has 1 heterocycles. The summed E-state index contributed by atoms with van der Waals surface area (Å²) in [6, 6.07) is 8.07. The number of phenols is 1. The summed E-state index contributed by atoms with van der Waals surface area (Å²) in [5, 5.41) is 10.3. The lowest BCUT2D eigenvalue weighted by Gasteiger charge is -2.33. The molecular formula is C16H15Cl3N2O5S2. The van der Waals surface area contributed by atoms with Gasteiger partial charge in [0.25, 0.3) is 0 Å². The Morgan fingerprint density at radius 1 is 0.750 bits per heavy atom. The average Bonchev–Trinajstić information content (AvgIpc) is 2.65. The number of sulfonamides is 2. The van der Waals surface area contributed by atoms with Crippen molar-refractivity contribution in [3.05, 3.63) is 51.5 Å². The van der Waals surface area contributed by atoms with Crippen LogP contribution in [0, 0.1) is 0 Å². The Balaban J connectivity index is 1.81. The molecule has 12 heteroatoms. The molecule has 3 rings (SSSR count). The minimum Gasteiger partial charge on any atom is -0.505 e. The van der Waals surface area contributed by atoms with Crippen LogP contribution in [-0.2, 0) is 20.0 Å². The summed E-state index contributed by atoms with van der Waals surface area (Å²) in [6.07, 6.45) is 0.